The van der Waals surface area contributed by atoms with Crippen molar-refractivity contribution in [2.45, 2.75) is 65.1 Å². The highest BCUT2D eigenvalue weighted by Crippen LogP contribution is 2.27. The van der Waals surface area contributed by atoms with Crippen molar-refractivity contribution in [2.24, 2.45) is 0 Å². The van der Waals surface area contributed by atoms with Crippen molar-refractivity contribution in [3.05, 3.63) is 59.2 Å². The van der Waals surface area contributed by atoms with Crippen LogP contribution in [0.15, 0.2) is 42.5 Å². The topological polar surface area (TPSA) is 20.2 Å². The number of phenolic OH excluding ortho intramolecular Hbond substituents is 1. The fraction of sp³-hybridized carbons (Fsp3) is 0.455. The summed E-state index contributed by atoms with van der Waals surface area (Å²) in [6, 6.07) is 16.6. The van der Waals surface area contributed by atoms with Gasteiger partial charge in [-0.2, -0.15) is 0 Å². The number of benzene rings is 2. The van der Waals surface area contributed by atoms with Gasteiger partial charge < -0.3 is 5.11 Å². The molecule has 2 rings (SSSR count). The molecule has 0 amide bonds. The SMILES string of the molecule is CCCc1cc(CC[Si](C)(C)c2ccccc2)c(CCC)cc1O. The third kappa shape index (κ3) is 4.73. The fourth-order valence-electron chi connectivity index (χ4n) is 3.41. The second-order valence-electron chi connectivity index (χ2n) is 7.50. The Hall–Kier alpha value is -1.54. The molecule has 0 saturated heterocycles. The molecular weight excluding hydrogens is 308 g/mol. The van der Waals surface area contributed by atoms with E-state index in [4.69, 9.17) is 0 Å². The highest BCUT2D eigenvalue weighted by atomic mass is 28.3. The van der Waals surface area contributed by atoms with Gasteiger partial charge in [0.1, 0.15) is 5.75 Å². The van der Waals surface area contributed by atoms with E-state index in [0.717, 1.165) is 37.7 Å². The Balaban J connectivity index is 2.22. The molecular formula is C22H32OSi. The summed E-state index contributed by atoms with van der Waals surface area (Å²) in [7, 11) is -1.42. The monoisotopic (exact) mass is 340 g/mol. The number of aryl methyl sites for hydroxylation is 3. The Labute approximate surface area is 148 Å². The van der Waals surface area contributed by atoms with Crippen molar-refractivity contribution in [1.82, 2.24) is 0 Å². The van der Waals surface area contributed by atoms with Gasteiger partial charge >= 0.3 is 0 Å². The van der Waals surface area contributed by atoms with Gasteiger partial charge in [-0.3, -0.25) is 0 Å². The first-order chi connectivity index (χ1) is 11.5. The van der Waals surface area contributed by atoms with Crippen molar-refractivity contribution < 1.29 is 5.11 Å². The van der Waals surface area contributed by atoms with Crippen molar-refractivity contribution in [2.75, 3.05) is 0 Å². The largest absolute Gasteiger partial charge is 0.508 e. The van der Waals surface area contributed by atoms with E-state index in [1.165, 1.54) is 22.4 Å². The number of aromatic hydroxyl groups is 1. The molecule has 0 aliphatic carbocycles. The predicted molar refractivity (Wildman–Crippen MR) is 108 cm³/mol. The molecule has 0 fully saturated rings. The van der Waals surface area contributed by atoms with E-state index in [2.05, 4.69) is 63.3 Å². The number of hydrogen-bond acceptors (Lipinski definition) is 1. The van der Waals surface area contributed by atoms with Crippen LogP contribution in [0.2, 0.25) is 19.1 Å². The first kappa shape index (κ1) is 18.8. The second kappa shape index (κ2) is 8.52. The van der Waals surface area contributed by atoms with Gasteiger partial charge in [0.2, 0.25) is 0 Å². The van der Waals surface area contributed by atoms with E-state index < -0.39 is 8.07 Å². The molecule has 2 aromatic rings. The van der Waals surface area contributed by atoms with Crippen LogP contribution < -0.4 is 5.19 Å². The molecule has 1 N–H and O–H groups in total. The maximum absolute atomic E-state index is 10.3. The van der Waals surface area contributed by atoms with Crippen LogP contribution in [0, 0.1) is 0 Å². The van der Waals surface area contributed by atoms with E-state index >= 15 is 0 Å². The van der Waals surface area contributed by atoms with Gasteiger partial charge in [-0.25, -0.2) is 0 Å². The van der Waals surface area contributed by atoms with Gasteiger partial charge in [0.15, 0.2) is 0 Å². The Morgan fingerprint density at radius 2 is 1.38 bits per heavy atom. The molecule has 0 bridgehead atoms. The van der Waals surface area contributed by atoms with Crippen LogP contribution >= 0.6 is 0 Å². The molecule has 0 radical (unpaired) electrons. The minimum absolute atomic E-state index is 0.489. The summed E-state index contributed by atoms with van der Waals surface area (Å²) in [5.74, 6) is 0.489. The summed E-state index contributed by atoms with van der Waals surface area (Å²) in [6.07, 6.45) is 5.34. The van der Waals surface area contributed by atoms with Crippen LogP contribution in [0.25, 0.3) is 0 Å². The molecule has 0 aliphatic rings. The highest BCUT2D eigenvalue weighted by molar-refractivity contribution is 6.89. The number of phenols is 1. The van der Waals surface area contributed by atoms with Crippen molar-refractivity contribution in [3.8, 4) is 5.75 Å². The lowest BCUT2D eigenvalue weighted by atomic mass is 9.96. The third-order valence-electron chi connectivity index (χ3n) is 5.01. The Morgan fingerprint density at radius 3 is 2.00 bits per heavy atom. The Kier molecular flexibility index (Phi) is 6.67. The standard InChI is InChI=1S/C22H32OSi/c1-5-10-18-17-22(23)20(11-6-2)16-19(18)14-15-24(3,4)21-12-8-7-9-13-21/h7-9,12-13,16-17,23H,5-6,10-11,14-15H2,1-4H3. The van der Waals surface area contributed by atoms with E-state index in [1.54, 1.807) is 0 Å². The van der Waals surface area contributed by atoms with Gasteiger partial charge in [-0.05, 0) is 48.1 Å². The average molecular weight is 341 g/mol. The smallest absolute Gasteiger partial charge is 0.119 e. The van der Waals surface area contributed by atoms with Crippen molar-refractivity contribution >= 4 is 13.3 Å². The van der Waals surface area contributed by atoms with Crippen molar-refractivity contribution in [1.29, 1.82) is 0 Å². The molecule has 1 nitrogen and oxygen atoms in total. The van der Waals surface area contributed by atoms with Gasteiger partial charge in [-0.15, -0.1) is 0 Å². The van der Waals surface area contributed by atoms with Gasteiger partial charge in [-0.1, -0.05) is 81.4 Å². The zero-order valence-electron chi connectivity index (χ0n) is 15.7. The number of rotatable bonds is 8. The predicted octanol–water partition coefficient (Wildman–Crippen LogP) is 5.46. The normalized spacial score (nSPS) is 11.7. The molecule has 24 heavy (non-hydrogen) atoms. The molecule has 0 unspecified atom stereocenters. The maximum atomic E-state index is 10.3. The summed E-state index contributed by atoms with van der Waals surface area (Å²) < 4.78 is 0. The Bertz CT molecular complexity index is 647. The lowest BCUT2D eigenvalue weighted by Gasteiger charge is -2.24. The summed E-state index contributed by atoms with van der Waals surface area (Å²) in [4.78, 5) is 0. The second-order valence-corrected chi connectivity index (χ2v) is 12.3. The van der Waals surface area contributed by atoms with E-state index in [1.807, 2.05) is 6.07 Å². The van der Waals surface area contributed by atoms with Crippen LogP contribution in [0.4, 0.5) is 0 Å². The third-order valence-corrected chi connectivity index (χ3v) is 8.41. The zero-order valence-corrected chi connectivity index (χ0v) is 16.7. The Morgan fingerprint density at radius 1 is 0.792 bits per heavy atom. The minimum atomic E-state index is -1.42. The van der Waals surface area contributed by atoms with Crippen LogP contribution in [0.1, 0.15) is 43.4 Å². The molecule has 0 saturated carbocycles. The van der Waals surface area contributed by atoms with E-state index in [9.17, 15) is 5.11 Å². The maximum Gasteiger partial charge on any atom is 0.119 e. The van der Waals surface area contributed by atoms with Crippen LogP contribution in [-0.4, -0.2) is 13.2 Å². The lowest BCUT2D eigenvalue weighted by Crippen LogP contribution is -2.41. The fourth-order valence-corrected chi connectivity index (χ4v) is 5.69. The number of hydrogen-bond donors (Lipinski definition) is 1. The molecule has 130 valence electrons. The molecule has 0 spiro atoms. The van der Waals surface area contributed by atoms with Crippen LogP contribution in [-0.2, 0) is 19.3 Å². The van der Waals surface area contributed by atoms with Gasteiger partial charge in [0, 0.05) is 0 Å². The van der Waals surface area contributed by atoms with Gasteiger partial charge in [0.25, 0.3) is 0 Å². The molecule has 2 aromatic carbocycles. The first-order valence-electron chi connectivity index (χ1n) is 9.37. The quantitative estimate of drug-likeness (QED) is 0.633. The average Bonchev–Trinajstić information content (AvgIpc) is 2.57. The zero-order chi connectivity index (χ0) is 17.6. The van der Waals surface area contributed by atoms with Crippen molar-refractivity contribution in [3.63, 3.8) is 0 Å². The van der Waals surface area contributed by atoms with Gasteiger partial charge in [0.05, 0.1) is 8.07 Å². The highest BCUT2D eigenvalue weighted by Gasteiger charge is 2.23. The molecule has 0 aliphatic heterocycles. The van der Waals surface area contributed by atoms with E-state index in [-0.39, 0.29) is 0 Å². The summed E-state index contributed by atoms with van der Waals surface area (Å²) >= 11 is 0. The first-order valence-corrected chi connectivity index (χ1v) is 12.6. The molecule has 0 atom stereocenters. The van der Waals surface area contributed by atoms with Crippen LogP contribution in [0.5, 0.6) is 5.75 Å². The lowest BCUT2D eigenvalue weighted by molar-refractivity contribution is 0.466. The van der Waals surface area contributed by atoms with E-state index in [0.29, 0.717) is 5.75 Å². The summed E-state index contributed by atoms with van der Waals surface area (Å²) in [5, 5.41) is 11.8. The van der Waals surface area contributed by atoms with Crippen LogP contribution in [0.3, 0.4) is 0 Å². The molecule has 0 heterocycles. The molecule has 0 aromatic heterocycles. The minimum Gasteiger partial charge on any atom is -0.508 e. The summed E-state index contributed by atoms with van der Waals surface area (Å²) in [6.45, 7) is 9.32. The molecule has 2 heteroatoms. The summed E-state index contributed by atoms with van der Waals surface area (Å²) in [5.41, 5.74) is 3.91.